The average Bonchev–Trinajstić information content (AvgIpc) is 3.01. The van der Waals surface area contributed by atoms with Crippen LogP contribution in [0.25, 0.3) is 0 Å². The SMILES string of the molecule is CC1C(C)C(C)C(C)C1C.CCCC1CCC2C=CC=CC21.[CH3-].[CH3-].[CH3-].[CH3-].[Hf+4]. The van der Waals surface area contributed by atoms with Crippen LogP contribution in [0, 0.1) is 77.0 Å². The second-order valence-electron chi connectivity index (χ2n) is 8.43. The molecule has 3 atom stereocenters. The Kier molecular flexibility index (Phi) is 20.9. The molecule has 0 aromatic rings. The molecule has 27 heavy (non-hydrogen) atoms. The number of allylic oxidation sites excluding steroid dienone is 4. The molecule has 3 rings (SSSR count). The first kappa shape index (κ1) is 34.8. The summed E-state index contributed by atoms with van der Waals surface area (Å²) in [5, 5.41) is 0. The molecule has 0 bridgehead atoms. The van der Waals surface area contributed by atoms with Gasteiger partial charge in [-0.05, 0) is 60.2 Å². The van der Waals surface area contributed by atoms with Crippen molar-refractivity contribution >= 4 is 0 Å². The quantitative estimate of drug-likeness (QED) is 0.243. The standard InChI is InChI=1S/C12H18.C10H20.4CH3.Hf/c1-2-5-10-8-9-11-6-3-4-7-12(10)11;1-6-7(2)9(4)10(5)8(6)3;;;;;/h3-4,6-7,10-12H,2,5,8-9H2,1H3;6-10H,1-5H3;4*1H3;/q;;4*-1;+4. The second-order valence-corrected chi connectivity index (χ2v) is 8.43. The molecule has 2 saturated carbocycles. The van der Waals surface area contributed by atoms with E-state index in [1.54, 1.807) is 0 Å². The predicted octanol–water partition coefficient (Wildman–Crippen LogP) is 8.53. The molecule has 0 N–H and O–H groups in total. The molecule has 0 saturated heterocycles. The molecular formula is C26H50Hf. The molecule has 158 valence electrons. The summed E-state index contributed by atoms with van der Waals surface area (Å²) in [5.41, 5.74) is 0. The molecule has 0 aromatic heterocycles. The second kappa shape index (κ2) is 16.2. The van der Waals surface area contributed by atoms with Gasteiger partial charge in [0.1, 0.15) is 0 Å². The van der Waals surface area contributed by atoms with Crippen molar-refractivity contribution in [1.82, 2.24) is 0 Å². The normalized spacial score (nSPS) is 37.7. The van der Waals surface area contributed by atoms with Crippen molar-refractivity contribution in [3.05, 3.63) is 54.0 Å². The van der Waals surface area contributed by atoms with E-state index in [4.69, 9.17) is 0 Å². The van der Waals surface area contributed by atoms with Crippen LogP contribution in [0.4, 0.5) is 0 Å². The summed E-state index contributed by atoms with van der Waals surface area (Å²) in [4.78, 5) is 0. The molecule has 3 aliphatic carbocycles. The molecule has 1 heteroatoms. The molecular weight excluding hydrogens is 491 g/mol. The van der Waals surface area contributed by atoms with Gasteiger partial charge in [-0.2, -0.15) is 0 Å². The van der Waals surface area contributed by atoms with Gasteiger partial charge in [-0.1, -0.05) is 78.7 Å². The van der Waals surface area contributed by atoms with Gasteiger partial charge in [-0.15, -0.1) is 0 Å². The fraction of sp³-hybridized carbons (Fsp3) is 0.692. The molecule has 0 spiro atoms. The van der Waals surface area contributed by atoms with Crippen LogP contribution in [0.15, 0.2) is 24.3 Å². The van der Waals surface area contributed by atoms with E-state index in [1.165, 1.54) is 25.7 Å². The van der Waals surface area contributed by atoms with Crippen molar-refractivity contribution in [2.75, 3.05) is 0 Å². The fourth-order valence-corrected chi connectivity index (χ4v) is 5.17. The van der Waals surface area contributed by atoms with E-state index in [1.807, 2.05) is 0 Å². The molecule has 2 fully saturated rings. The first-order valence-electron chi connectivity index (χ1n) is 9.82. The smallest absolute Gasteiger partial charge is 0.358 e. The zero-order valence-electron chi connectivity index (χ0n) is 20.3. The van der Waals surface area contributed by atoms with Gasteiger partial charge in [-0.3, -0.25) is 0 Å². The van der Waals surface area contributed by atoms with Crippen LogP contribution in [0.2, 0.25) is 0 Å². The van der Waals surface area contributed by atoms with Crippen LogP contribution < -0.4 is 0 Å². The van der Waals surface area contributed by atoms with Crippen molar-refractivity contribution in [2.45, 2.75) is 67.2 Å². The molecule has 0 amide bonds. The van der Waals surface area contributed by atoms with Gasteiger partial charge in [0.2, 0.25) is 0 Å². The first-order chi connectivity index (χ1) is 10.5. The summed E-state index contributed by atoms with van der Waals surface area (Å²) in [6, 6.07) is 0. The van der Waals surface area contributed by atoms with E-state index in [2.05, 4.69) is 65.8 Å². The Morgan fingerprint density at radius 2 is 1.07 bits per heavy atom. The van der Waals surface area contributed by atoms with Crippen LogP contribution >= 0.6 is 0 Å². The predicted molar refractivity (Wildman–Crippen MR) is 124 cm³/mol. The van der Waals surface area contributed by atoms with E-state index in [0.29, 0.717) is 0 Å². The van der Waals surface area contributed by atoms with E-state index >= 15 is 0 Å². The molecule has 3 aliphatic rings. The number of hydrogen-bond acceptors (Lipinski definition) is 0. The average molecular weight is 541 g/mol. The monoisotopic (exact) mass is 542 g/mol. The summed E-state index contributed by atoms with van der Waals surface area (Å²) < 4.78 is 0. The third kappa shape index (κ3) is 8.31. The number of fused-ring (bicyclic) bond motifs is 1. The summed E-state index contributed by atoms with van der Waals surface area (Å²) >= 11 is 0. The minimum atomic E-state index is 0. The van der Waals surface area contributed by atoms with Crippen molar-refractivity contribution in [1.29, 1.82) is 0 Å². The first-order valence-corrected chi connectivity index (χ1v) is 9.82. The minimum Gasteiger partial charge on any atom is -0.358 e. The zero-order chi connectivity index (χ0) is 16.3. The van der Waals surface area contributed by atoms with Crippen molar-refractivity contribution in [2.24, 2.45) is 47.3 Å². The van der Waals surface area contributed by atoms with Crippen LogP contribution in [-0.4, -0.2) is 0 Å². The summed E-state index contributed by atoms with van der Waals surface area (Å²) in [6.45, 7) is 14.3. The fourth-order valence-electron chi connectivity index (χ4n) is 5.17. The van der Waals surface area contributed by atoms with Gasteiger partial charge in [-0.25, -0.2) is 0 Å². The maximum Gasteiger partial charge on any atom is 4.00 e. The largest absolute Gasteiger partial charge is 4.00 e. The Hall–Kier alpha value is 0.350. The Labute approximate surface area is 193 Å². The molecule has 0 radical (unpaired) electrons. The van der Waals surface area contributed by atoms with E-state index in [9.17, 15) is 0 Å². The van der Waals surface area contributed by atoms with Crippen molar-refractivity contribution in [3.63, 3.8) is 0 Å². The van der Waals surface area contributed by atoms with E-state index in [0.717, 1.165) is 47.3 Å². The van der Waals surface area contributed by atoms with Gasteiger partial charge < -0.3 is 29.7 Å². The number of hydrogen-bond donors (Lipinski definition) is 0. The maximum atomic E-state index is 2.43. The Morgan fingerprint density at radius 3 is 1.48 bits per heavy atom. The van der Waals surface area contributed by atoms with Crippen LogP contribution in [0.3, 0.4) is 0 Å². The Morgan fingerprint density at radius 1 is 0.667 bits per heavy atom. The summed E-state index contributed by atoms with van der Waals surface area (Å²) in [5.74, 6) is 7.43. The Balaban J connectivity index is -0.000000167. The van der Waals surface area contributed by atoms with E-state index < -0.39 is 0 Å². The maximum absolute atomic E-state index is 2.43. The van der Waals surface area contributed by atoms with Gasteiger partial charge >= 0.3 is 25.8 Å². The van der Waals surface area contributed by atoms with Crippen LogP contribution in [0.5, 0.6) is 0 Å². The Bertz CT molecular complexity index is 352. The van der Waals surface area contributed by atoms with Gasteiger partial charge in [0.15, 0.2) is 0 Å². The third-order valence-electron chi connectivity index (χ3n) is 7.52. The molecule has 0 aliphatic heterocycles. The number of rotatable bonds is 2. The molecule has 0 heterocycles. The van der Waals surface area contributed by atoms with Gasteiger partial charge in [0.25, 0.3) is 0 Å². The molecule has 0 nitrogen and oxygen atoms in total. The van der Waals surface area contributed by atoms with Crippen molar-refractivity contribution in [3.8, 4) is 0 Å². The van der Waals surface area contributed by atoms with Crippen molar-refractivity contribution < 1.29 is 25.8 Å². The topological polar surface area (TPSA) is 0 Å². The minimum absolute atomic E-state index is 0. The van der Waals surface area contributed by atoms with E-state index in [-0.39, 0.29) is 55.5 Å². The third-order valence-corrected chi connectivity index (χ3v) is 7.52. The van der Waals surface area contributed by atoms with Gasteiger partial charge in [0, 0.05) is 0 Å². The zero-order valence-corrected chi connectivity index (χ0v) is 23.8. The van der Waals surface area contributed by atoms with Crippen LogP contribution in [-0.2, 0) is 25.8 Å². The summed E-state index contributed by atoms with van der Waals surface area (Å²) in [6.07, 6.45) is 14.9. The summed E-state index contributed by atoms with van der Waals surface area (Å²) in [7, 11) is 0. The molecule has 3 unspecified atom stereocenters. The molecule has 0 aromatic carbocycles. The van der Waals surface area contributed by atoms with Gasteiger partial charge in [0.05, 0.1) is 0 Å². The van der Waals surface area contributed by atoms with Crippen LogP contribution in [0.1, 0.15) is 67.2 Å².